The van der Waals surface area contributed by atoms with Crippen LogP contribution in [0.1, 0.15) is 60.3 Å². The van der Waals surface area contributed by atoms with Crippen LogP contribution in [0.4, 0.5) is 0 Å². The van der Waals surface area contributed by atoms with Crippen LogP contribution in [0.5, 0.6) is 0 Å². The Morgan fingerprint density at radius 2 is 2.06 bits per heavy atom. The molecule has 1 aliphatic heterocycles. The molecule has 0 aromatic heterocycles. The van der Waals surface area contributed by atoms with E-state index in [9.17, 15) is 0 Å². The van der Waals surface area contributed by atoms with Crippen molar-refractivity contribution in [2.24, 2.45) is 5.92 Å². The monoisotopic (exact) mass is 227 g/mol. The lowest BCUT2D eigenvalue weighted by Gasteiger charge is -2.24. The van der Waals surface area contributed by atoms with E-state index in [1.807, 2.05) is 0 Å². The van der Waals surface area contributed by atoms with Crippen molar-refractivity contribution in [1.82, 2.24) is 5.32 Å². The van der Waals surface area contributed by atoms with Gasteiger partial charge in [-0.2, -0.15) is 0 Å². The van der Waals surface area contributed by atoms with E-state index in [1.165, 1.54) is 25.7 Å². The van der Waals surface area contributed by atoms with Crippen molar-refractivity contribution in [2.75, 3.05) is 6.54 Å². The first-order chi connectivity index (χ1) is 7.44. The molecule has 1 rings (SSSR count). The molecule has 1 N–H and O–H groups in total. The lowest BCUT2D eigenvalue weighted by molar-refractivity contribution is -0.0202. The summed E-state index contributed by atoms with van der Waals surface area (Å²) in [5.74, 6) is 0.717. The third-order valence-corrected chi connectivity index (χ3v) is 3.62. The lowest BCUT2D eigenvalue weighted by Crippen LogP contribution is -2.34. The zero-order chi connectivity index (χ0) is 12.2. The Hall–Kier alpha value is -0.0800. The molecule has 2 heteroatoms. The van der Waals surface area contributed by atoms with Crippen molar-refractivity contribution >= 4 is 0 Å². The minimum Gasteiger partial charge on any atom is -0.372 e. The van der Waals surface area contributed by atoms with Crippen molar-refractivity contribution in [2.45, 2.75) is 78.0 Å². The molecule has 96 valence electrons. The average molecular weight is 227 g/mol. The van der Waals surface area contributed by atoms with E-state index in [1.54, 1.807) is 0 Å². The highest BCUT2D eigenvalue weighted by molar-refractivity contribution is 4.82. The molecule has 1 heterocycles. The third kappa shape index (κ3) is 4.42. The highest BCUT2D eigenvalue weighted by Crippen LogP contribution is 2.32. The molecule has 0 aromatic rings. The van der Waals surface area contributed by atoms with Gasteiger partial charge in [0.2, 0.25) is 0 Å². The van der Waals surface area contributed by atoms with Crippen molar-refractivity contribution in [1.29, 1.82) is 0 Å². The fourth-order valence-electron chi connectivity index (χ4n) is 2.58. The van der Waals surface area contributed by atoms with Gasteiger partial charge in [-0.3, -0.25) is 0 Å². The van der Waals surface area contributed by atoms with Crippen molar-refractivity contribution in [3.63, 3.8) is 0 Å². The summed E-state index contributed by atoms with van der Waals surface area (Å²) in [7, 11) is 0. The predicted octanol–water partition coefficient (Wildman–Crippen LogP) is 3.36. The first-order valence-electron chi connectivity index (χ1n) is 6.86. The minimum atomic E-state index is 0.121. The van der Waals surface area contributed by atoms with Gasteiger partial charge in [0.1, 0.15) is 0 Å². The van der Waals surface area contributed by atoms with Gasteiger partial charge < -0.3 is 10.1 Å². The SMILES string of the molecule is CCNC(CCC1CCC(C)(C)O1)C(C)C. The van der Waals surface area contributed by atoms with Crippen LogP contribution in [-0.2, 0) is 4.74 Å². The molecule has 1 saturated heterocycles. The van der Waals surface area contributed by atoms with Gasteiger partial charge in [0.25, 0.3) is 0 Å². The molecule has 2 nitrogen and oxygen atoms in total. The number of hydrogen-bond donors (Lipinski definition) is 1. The van der Waals surface area contributed by atoms with Crippen LogP contribution in [0.2, 0.25) is 0 Å². The highest BCUT2D eigenvalue weighted by atomic mass is 16.5. The van der Waals surface area contributed by atoms with Gasteiger partial charge in [0.05, 0.1) is 11.7 Å². The molecule has 0 spiro atoms. The normalized spacial score (nSPS) is 26.2. The van der Waals surface area contributed by atoms with E-state index in [4.69, 9.17) is 4.74 Å². The van der Waals surface area contributed by atoms with E-state index in [2.05, 4.69) is 39.9 Å². The van der Waals surface area contributed by atoms with Gasteiger partial charge in [-0.15, -0.1) is 0 Å². The lowest BCUT2D eigenvalue weighted by atomic mass is 9.96. The second kappa shape index (κ2) is 6.02. The Morgan fingerprint density at radius 1 is 1.38 bits per heavy atom. The van der Waals surface area contributed by atoms with Crippen LogP contribution in [0.25, 0.3) is 0 Å². The van der Waals surface area contributed by atoms with Gasteiger partial charge in [-0.1, -0.05) is 20.8 Å². The Bertz CT molecular complexity index is 201. The molecular formula is C14H29NO. The van der Waals surface area contributed by atoms with Crippen LogP contribution in [0.3, 0.4) is 0 Å². The Morgan fingerprint density at radius 3 is 2.50 bits per heavy atom. The molecule has 0 aliphatic carbocycles. The molecule has 1 fully saturated rings. The molecule has 2 unspecified atom stereocenters. The molecule has 0 amide bonds. The predicted molar refractivity (Wildman–Crippen MR) is 69.7 cm³/mol. The van der Waals surface area contributed by atoms with Gasteiger partial charge >= 0.3 is 0 Å². The van der Waals surface area contributed by atoms with Gasteiger partial charge in [0, 0.05) is 6.04 Å². The van der Waals surface area contributed by atoms with Gasteiger partial charge in [0.15, 0.2) is 0 Å². The van der Waals surface area contributed by atoms with E-state index in [0.29, 0.717) is 12.1 Å². The summed E-state index contributed by atoms with van der Waals surface area (Å²) in [6, 6.07) is 0.650. The molecular weight excluding hydrogens is 198 g/mol. The summed E-state index contributed by atoms with van der Waals surface area (Å²) < 4.78 is 6.03. The van der Waals surface area contributed by atoms with Crippen molar-refractivity contribution < 1.29 is 4.74 Å². The smallest absolute Gasteiger partial charge is 0.0631 e. The van der Waals surface area contributed by atoms with E-state index >= 15 is 0 Å². The van der Waals surface area contributed by atoms with Crippen LogP contribution in [-0.4, -0.2) is 24.3 Å². The summed E-state index contributed by atoms with van der Waals surface area (Å²) in [4.78, 5) is 0. The summed E-state index contributed by atoms with van der Waals surface area (Å²) >= 11 is 0. The summed E-state index contributed by atoms with van der Waals surface area (Å²) in [5.41, 5.74) is 0.121. The molecule has 2 atom stereocenters. The van der Waals surface area contributed by atoms with E-state index < -0.39 is 0 Å². The van der Waals surface area contributed by atoms with Crippen molar-refractivity contribution in [3.05, 3.63) is 0 Å². The molecule has 1 aliphatic rings. The molecule has 0 bridgehead atoms. The highest BCUT2D eigenvalue weighted by Gasteiger charge is 2.31. The molecule has 0 aromatic carbocycles. The summed E-state index contributed by atoms with van der Waals surface area (Å²) in [6.07, 6.45) is 5.40. The number of nitrogens with one attached hydrogen (secondary N) is 1. The Balaban J connectivity index is 2.27. The zero-order valence-electron chi connectivity index (χ0n) is 11.7. The van der Waals surface area contributed by atoms with Gasteiger partial charge in [-0.05, 0) is 52.0 Å². The third-order valence-electron chi connectivity index (χ3n) is 3.62. The summed E-state index contributed by atoms with van der Waals surface area (Å²) in [6.45, 7) is 12.3. The standard InChI is InChI=1S/C14H29NO/c1-6-15-13(11(2)3)8-7-12-9-10-14(4,5)16-12/h11-13,15H,6-10H2,1-5H3. The number of rotatable bonds is 6. The maximum atomic E-state index is 6.03. The largest absolute Gasteiger partial charge is 0.372 e. The second-order valence-corrected chi connectivity index (χ2v) is 6.02. The summed E-state index contributed by atoms with van der Waals surface area (Å²) in [5, 5.41) is 3.57. The van der Waals surface area contributed by atoms with E-state index in [0.717, 1.165) is 12.5 Å². The van der Waals surface area contributed by atoms with Crippen LogP contribution >= 0.6 is 0 Å². The maximum Gasteiger partial charge on any atom is 0.0631 e. The first kappa shape index (κ1) is 14.0. The van der Waals surface area contributed by atoms with E-state index in [-0.39, 0.29) is 5.60 Å². The first-order valence-corrected chi connectivity index (χ1v) is 6.86. The molecule has 0 radical (unpaired) electrons. The van der Waals surface area contributed by atoms with Crippen molar-refractivity contribution in [3.8, 4) is 0 Å². The van der Waals surface area contributed by atoms with Crippen LogP contribution < -0.4 is 5.32 Å². The Kier molecular flexibility index (Phi) is 5.26. The molecule has 0 saturated carbocycles. The molecule has 16 heavy (non-hydrogen) atoms. The van der Waals surface area contributed by atoms with Gasteiger partial charge in [-0.25, -0.2) is 0 Å². The maximum absolute atomic E-state index is 6.03. The van der Waals surface area contributed by atoms with Crippen LogP contribution in [0, 0.1) is 5.92 Å². The number of ether oxygens (including phenoxy) is 1. The zero-order valence-corrected chi connectivity index (χ0v) is 11.7. The fourth-order valence-corrected chi connectivity index (χ4v) is 2.58. The Labute approximate surface area is 101 Å². The quantitative estimate of drug-likeness (QED) is 0.751. The van der Waals surface area contributed by atoms with Crippen LogP contribution in [0.15, 0.2) is 0 Å². The average Bonchev–Trinajstić information content (AvgIpc) is 2.52. The second-order valence-electron chi connectivity index (χ2n) is 6.02. The fraction of sp³-hybridized carbons (Fsp3) is 1.00. The topological polar surface area (TPSA) is 21.3 Å². The number of hydrogen-bond acceptors (Lipinski definition) is 2. The minimum absolute atomic E-state index is 0.121.